The summed E-state index contributed by atoms with van der Waals surface area (Å²) in [5.41, 5.74) is 16.4. The number of thiophene rings is 1. The SMILES string of the molecule is c1ccc(-c2cc(-c3ccccc3)cc(-n3c4ccccc4c4cc(-c5cccc(-c6ccccc6N(c6ccccc6)c6ccc7sc8ccccc8c7c6)c5)ccc43)c2)cc1. The second kappa shape index (κ2) is 15.5. The first-order chi connectivity index (χ1) is 31.2. The number of benzene rings is 10. The molecule has 0 saturated heterocycles. The van der Waals surface area contributed by atoms with Crippen LogP contribution in [0.2, 0.25) is 0 Å². The molecule has 0 radical (unpaired) electrons. The maximum absolute atomic E-state index is 2.44. The minimum Gasteiger partial charge on any atom is -0.310 e. The Morgan fingerprint density at radius 1 is 0.302 bits per heavy atom. The minimum atomic E-state index is 1.12. The molecule has 10 aromatic carbocycles. The van der Waals surface area contributed by atoms with Crippen LogP contribution < -0.4 is 4.90 Å². The van der Waals surface area contributed by atoms with Crippen LogP contribution in [0.25, 0.3) is 92.2 Å². The van der Waals surface area contributed by atoms with Gasteiger partial charge in [0.05, 0.1) is 16.7 Å². The van der Waals surface area contributed by atoms with Crippen LogP contribution in [-0.4, -0.2) is 4.57 Å². The standard InChI is InChI=1S/C60H40N2S/c1-4-17-41(18-5-1)46-36-47(42-19-6-2-7-20-42)38-50(37-46)62-57-29-14-11-26-52(57)54-39-44(31-33-58(54)62)43-21-16-22-45(35-43)51-25-10-13-28-56(51)61(48-23-8-3-9-24-48)49-32-34-60-55(40-49)53-27-12-15-30-59(53)63-60/h1-40H. The molecule has 0 aliphatic rings. The van der Waals surface area contributed by atoms with Crippen molar-refractivity contribution in [3.05, 3.63) is 243 Å². The minimum absolute atomic E-state index is 1.12. The first-order valence-electron chi connectivity index (χ1n) is 21.5. The summed E-state index contributed by atoms with van der Waals surface area (Å²) in [5, 5.41) is 5.04. The Balaban J connectivity index is 0.983. The molecule has 296 valence electrons. The summed E-state index contributed by atoms with van der Waals surface area (Å²) in [6.07, 6.45) is 0. The lowest BCUT2D eigenvalue weighted by atomic mass is 9.96. The van der Waals surface area contributed by atoms with Crippen molar-refractivity contribution in [2.24, 2.45) is 0 Å². The molecule has 0 aliphatic carbocycles. The van der Waals surface area contributed by atoms with Gasteiger partial charge in [-0.2, -0.15) is 0 Å². The van der Waals surface area contributed by atoms with Gasteiger partial charge in [0.25, 0.3) is 0 Å². The van der Waals surface area contributed by atoms with Crippen molar-refractivity contribution in [3.8, 4) is 50.2 Å². The van der Waals surface area contributed by atoms with Crippen LogP contribution in [-0.2, 0) is 0 Å². The van der Waals surface area contributed by atoms with E-state index >= 15 is 0 Å². The average molecular weight is 821 g/mol. The van der Waals surface area contributed by atoms with E-state index in [1.165, 1.54) is 86.5 Å². The van der Waals surface area contributed by atoms with Crippen molar-refractivity contribution in [1.82, 2.24) is 4.57 Å². The highest BCUT2D eigenvalue weighted by Crippen LogP contribution is 2.45. The van der Waals surface area contributed by atoms with E-state index in [1.54, 1.807) is 0 Å². The molecule has 2 heterocycles. The number of aromatic nitrogens is 1. The number of fused-ring (bicyclic) bond motifs is 6. The molecule has 0 aliphatic heterocycles. The lowest BCUT2D eigenvalue weighted by Crippen LogP contribution is -2.11. The van der Waals surface area contributed by atoms with Crippen molar-refractivity contribution >= 4 is 70.4 Å². The first kappa shape index (κ1) is 36.8. The second-order valence-electron chi connectivity index (χ2n) is 16.1. The lowest BCUT2D eigenvalue weighted by Gasteiger charge is -2.28. The molecule has 12 aromatic rings. The van der Waals surface area contributed by atoms with E-state index in [4.69, 9.17) is 0 Å². The Labute approximate surface area is 370 Å². The van der Waals surface area contributed by atoms with Gasteiger partial charge in [0, 0.05) is 53.6 Å². The number of nitrogens with zero attached hydrogens (tertiary/aromatic N) is 2. The van der Waals surface area contributed by atoms with Gasteiger partial charge in [0.15, 0.2) is 0 Å². The van der Waals surface area contributed by atoms with Crippen LogP contribution in [0, 0.1) is 0 Å². The molecule has 2 aromatic heterocycles. The van der Waals surface area contributed by atoms with Gasteiger partial charge in [0.1, 0.15) is 0 Å². The quantitative estimate of drug-likeness (QED) is 0.148. The first-order valence-corrected chi connectivity index (χ1v) is 22.3. The Kier molecular flexibility index (Phi) is 9.06. The van der Waals surface area contributed by atoms with Gasteiger partial charge in [0.2, 0.25) is 0 Å². The van der Waals surface area contributed by atoms with Crippen LogP contribution in [0.15, 0.2) is 243 Å². The van der Waals surface area contributed by atoms with Crippen molar-refractivity contribution in [1.29, 1.82) is 0 Å². The highest BCUT2D eigenvalue weighted by molar-refractivity contribution is 7.25. The molecular weight excluding hydrogens is 781 g/mol. The molecular formula is C60H40N2S. The molecule has 0 saturated carbocycles. The summed E-state index contributed by atoms with van der Waals surface area (Å²) in [7, 11) is 0. The van der Waals surface area contributed by atoms with Gasteiger partial charge in [-0.1, -0.05) is 158 Å². The summed E-state index contributed by atoms with van der Waals surface area (Å²) >= 11 is 1.85. The summed E-state index contributed by atoms with van der Waals surface area (Å²) in [6.45, 7) is 0. The van der Waals surface area contributed by atoms with E-state index in [1.807, 2.05) is 11.3 Å². The van der Waals surface area contributed by atoms with Crippen LogP contribution in [0.4, 0.5) is 17.1 Å². The zero-order valence-electron chi connectivity index (χ0n) is 34.4. The van der Waals surface area contributed by atoms with Gasteiger partial charge in [-0.05, 0) is 124 Å². The average Bonchev–Trinajstić information content (AvgIpc) is 3.90. The predicted octanol–water partition coefficient (Wildman–Crippen LogP) is 17.3. The zero-order valence-corrected chi connectivity index (χ0v) is 35.2. The second-order valence-corrected chi connectivity index (χ2v) is 17.2. The summed E-state index contributed by atoms with van der Waals surface area (Å²) in [6, 6.07) is 88.4. The predicted molar refractivity (Wildman–Crippen MR) is 270 cm³/mol. The van der Waals surface area contributed by atoms with Gasteiger partial charge in [-0.25, -0.2) is 0 Å². The fourth-order valence-electron chi connectivity index (χ4n) is 9.40. The normalized spacial score (nSPS) is 11.5. The maximum Gasteiger partial charge on any atom is 0.0541 e. The largest absolute Gasteiger partial charge is 0.310 e. The molecule has 0 spiro atoms. The number of anilines is 3. The molecule has 12 rings (SSSR count). The summed E-state index contributed by atoms with van der Waals surface area (Å²) < 4.78 is 5.05. The van der Waals surface area contributed by atoms with Gasteiger partial charge >= 0.3 is 0 Å². The zero-order chi connectivity index (χ0) is 41.7. The van der Waals surface area contributed by atoms with Crippen LogP contribution in [0.5, 0.6) is 0 Å². The van der Waals surface area contributed by atoms with E-state index in [0.717, 1.165) is 22.7 Å². The van der Waals surface area contributed by atoms with Crippen LogP contribution in [0.3, 0.4) is 0 Å². The highest BCUT2D eigenvalue weighted by Gasteiger charge is 2.20. The molecule has 2 nitrogen and oxygen atoms in total. The molecule has 0 fully saturated rings. The van der Waals surface area contributed by atoms with E-state index in [2.05, 4.69) is 252 Å². The summed E-state index contributed by atoms with van der Waals surface area (Å²) in [5.74, 6) is 0. The molecule has 0 atom stereocenters. The molecule has 0 amide bonds. The van der Waals surface area contributed by atoms with Crippen LogP contribution in [0.1, 0.15) is 0 Å². The molecule has 0 N–H and O–H groups in total. The molecule has 0 unspecified atom stereocenters. The van der Waals surface area contributed by atoms with Crippen molar-refractivity contribution < 1.29 is 0 Å². The van der Waals surface area contributed by atoms with E-state index in [9.17, 15) is 0 Å². The van der Waals surface area contributed by atoms with Crippen molar-refractivity contribution in [2.75, 3.05) is 4.90 Å². The Morgan fingerprint density at radius 2 is 0.873 bits per heavy atom. The van der Waals surface area contributed by atoms with E-state index in [0.29, 0.717) is 0 Å². The molecule has 63 heavy (non-hydrogen) atoms. The van der Waals surface area contributed by atoms with Crippen molar-refractivity contribution in [3.63, 3.8) is 0 Å². The monoisotopic (exact) mass is 820 g/mol. The number of hydrogen-bond donors (Lipinski definition) is 0. The maximum atomic E-state index is 2.44. The van der Waals surface area contributed by atoms with Gasteiger partial charge in [-0.3, -0.25) is 0 Å². The smallest absolute Gasteiger partial charge is 0.0541 e. The Bertz CT molecular complexity index is 3560. The Morgan fingerprint density at radius 3 is 1.65 bits per heavy atom. The number of hydrogen-bond acceptors (Lipinski definition) is 2. The third kappa shape index (κ3) is 6.58. The molecule has 0 bridgehead atoms. The molecule has 3 heteroatoms. The topological polar surface area (TPSA) is 8.17 Å². The lowest BCUT2D eigenvalue weighted by molar-refractivity contribution is 1.18. The fourth-order valence-corrected chi connectivity index (χ4v) is 10.5. The van der Waals surface area contributed by atoms with Crippen molar-refractivity contribution in [2.45, 2.75) is 0 Å². The van der Waals surface area contributed by atoms with Gasteiger partial charge in [-0.15, -0.1) is 11.3 Å². The third-order valence-electron chi connectivity index (χ3n) is 12.3. The summed E-state index contributed by atoms with van der Waals surface area (Å²) in [4.78, 5) is 2.41. The van der Waals surface area contributed by atoms with E-state index in [-0.39, 0.29) is 0 Å². The third-order valence-corrected chi connectivity index (χ3v) is 13.5. The van der Waals surface area contributed by atoms with Crippen LogP contribution >= 0.6 is 11.3 Å². The van der Waals surface area contributed by atoms with Gasteiger partial charge < -0.3 is 9.47 Å². The Hall–Kier alpha value is -7.98. The van der Waals surface area contributed by atoms with E-state index < -0.39 is 0 Å². The number of para-hydroxylation sites is 3. The fraction of sp³-hybridized carbons (Fsp3) is 0. The highest BCUT2D eigenvalue weighted by atomic mass is 32.1. The number of rotatable bonds is 8.